The van der Waals surface area contributed by atoms with Crippen molar-refractivity contribution in [2.75, 3.05) is 25.1 Å². The quantitative estimate of drug-likeness (QED) is 0.647. The first-order valence-corrected chi connectivity index (χ1v) is 8.45. The molecule has 1 aromatic carbocycles. The Bertz CT molecular complexity index is 422. The van der Waals surface area contributed by atoms with Crippen LogP contribution in [0.15, 0.2) is 18.2 Å². The summed E-state index contributed by atoms with van der Waals surface area (Å²) in [6.45, 7) is 10.7. The molecule has 0 aromatic heterocycles. The van der Waals surface area contributed by atoms with E-state index in [4.69, 9.17) is 15.2 Å². The molecule has 0 bridgehead atoms. The molecule has 0 spiro atoms. The van der Waals surface area contributed by atoms with E-state index in [1.165, 1.54) is 0 Å². The van der Waals surface area contributed by atoms with Crippen LogP contribution in [0.2, 0.25) is 0 Å². The Morgan fingerprint density at radius 3 is 2.27 bits per heavy atom. The Morgan fingerprint density at radius 2 is 1.68 bits per heavy atom. The third-order valence-electron chi connectivity index (χ3n) is 3.21. The maximum Gasteiger partial charge on any atom is 0.163 e. The summed E-state index contributed by atoms with van der Waals surface area (Å²) in [5, 5.41) is 3.39. The lowest BCUT2D eigenvalue weighted by atomic mass is 10.0. The predicted molar refractivity (Wildman–Crippen MR) is 93.9 cm³/mol. The fourth-order valence-corrected chi connectivity index (χ4v) is 2.21. The van der Waals surface area contributed by atoms with E-state index in [0.29, 0.717) is 19.1 Å². The van der Waals surface area contributed by atoms with Crippen LogP contribution in [0.4, 0.5) is 5.69 Å². The fraction of sp³-hybridized carbons (Fsp3) is 0.667. The van der Waals surface area contributed by atoms with E-state index >= 15 is 0 Å². The van der Waals surface area contributed by atoms with Gasteiger partial charge in [0.2, 0.25) is 0 Å². The number of nitrogens with one attached hydrogen (secondary N) is 1. The Balaban J connectivity index is 2.66. The number of hydrogen-bond donors (Lipinski definition) is 2. The normalized spacial score (nSPS) is 12.3. The number of rotatable bonds is 11. The van der Waals surface area contributed by atoms with E-state index in [0.717, 1.165) is 43.0 Å². The summed E-state index contributed by atoms with van der Waals surface area (Å²) in [5.41, 5.74) is 7.14. The molecule has 0 saturated carbocycles. The Morgan fingerprint density at radius 1 is 1.05 bits per heavy atom. The molecule has 0 aliphatic heterocycles. The van der Waals surface area contributed by atoms with Gasteiger partial charge < -0.3 is 20.5 Å². The van der Waals surface area contributed by atoms with Gasteiger partial charge in [0.25, 0.3) is 0 Å². The third kappa shape index (κ3) is 7.03. The van der Waals surface area contributed by atoms with E-state index in [2.05, 4.69) is 33.0 Å². The first-order valence-electron chi connectivity index (χ1n) is 8.45. The number of hydrogen-bond acceptors (Lipinski definition) is 4. The predicted octanol–water partition coefficient (Wildman–Crippen LogP) is 4.05. The van der Waals surface area contributed by atoms with Gasteiger partial charge in [-0.1, -0.05) is 27.7 Å². The molecule has 1 atom stereocenters. The van der Waals surface area contributed by atoms with Crippen molar-refractivity contribution in [3.63, 3.8) is 0 Å². The van der Waals surface area contributed by atoms with Crippen molar-refractivity contribution < 1.29 is 9.47 Å². The van der Waals surface area contributed by atoms with Crippen LogP contribution in [0.1, 0.15) is 47.0 Å². The Labute approximate surface area is 135 Å². The van der Waals surface area contributed by atoms with Crippen LogP contribution in [0.5, 0.6) is 11.5 Å². The average Bonchev–Trinajstić information content (AvgIpc) is 2.49. The summed E-state index contributed by atoms with van der Waals surface area (Å²) >= 11 is 0. The maximum absolute atomic E-state index is 6.12. The number of anilines is 1. The monoisotopic (exact) mass is 308 g/mol. The van der Waals surface area contributed by atoms with Crippen molar-refractivity contribution in [3.8, 4) is 11.5 Å². The second-order valence-corrected chi connectivity index (χ2v) is 6.13. The van der Waals surface area contributed by atoms with Crippen LogP contribution >= 0.6 is 0 Å². The maximum atomic E-state index is 6.12. The molecule has 0 amide bonds. The van der Waals surface area contributed by atoms with E-state index in [1.54, 1.807) is 0 Å². The van der Waals surface area contributed by atoms with Gasteiger partial charge in [0.1, 0.15) is 0 Å². The van der Waals surface area contributed by atoms with Gasteiger partial charge in [-0.2, -0.15) is 0 Å². The van der Waals surface area contributed by atoms with Crippen LogP contribution in [0.3, 0.4) is 0 Å². The highest BCUT2D eigenvalue weighted by Gasteiger charge is 2.09. The summed E-state index contributed by atoms with van der Waals surface area (Å²) in [7, 11) is 0. The van der Waals surface area contributed by atoms with Crippen molar-refractivity contribution >= 4 is 5.69 Å². The second kappa shape index (κ2) is 10.3. The minimum atomic E-state index is 0.163. The zero-order valence-electron chi connectivity index (χ0n) is 14.5. The van der Waals surface area contributed by atoms with Crippen molar-refractivity contribution in [1.82, 2.24) is 0 Å². The van der Waals surface area contributed by atoms with Gasteiger partial charge in [-0.15, -0.1) is 0 Å². The Kier molecular flexibility index (Phi) is 8.75. The van der Waals surface area contributed by atoms with Crippen LogP contribution in [-0.4, -0.2) is 25.8 Å². The van der Waals surface area contributed by atoms with E-state index in [9.17, 15) is 0 Å². The molecule has 0 heterocycles. The van der Waals surface area contributed by atoms with Crippen molar-refractivity contribution in [1.29, 1.82) is 0 Å². The van der Waals surface area contributed by atoms with Crippen molar-refractivity contribution in [2.24, 2.45) is 11.7 Å². The lowest BCUT2D eigenvalue weighted by Crippen LogP contribution is -2.30. The van der Waals surface area contributed by atoms with Gasteiger partial charge in [-0.25, -0.2) is 0 Å². The van der Waals surface area contributed by atoms with Gasteiger partial charge in [0.15, 0.2) is 11.5 Å². The molecule has 4 nitrogen and oxygen atoms in total. The molecular formula is C18H32N2O2. The zero-order valence-corrected chi connectivity index (χ0v) is 14.5. The molecular weight excluding hydrogens is 276 g/mol. The summed E-state index contributed by atoms with van der Waals surface area (Å²) in [6.07, 6.45) is 2.98. The summed E-state index contributed by atoms with van der Waals surface area (Å²) in [4.78, 5) is 0. The summed E-state index contributed by atoms with van der Waals surface area (Å²) in [5.74, 6) is 2.23. The fourth-order valence-electron chi connectivity index (χ4n) is 2.21. The molecule has 22 heavy (non-hydrogen) atoms. The molecule has 0 saturated heterocycles. The van der Waals surface area contributed by atoms with Crippen LogP contribution in [0, 0.1) is 5.92 Å². The Hall–Kier alpha value is -1.42. The van der Waals surface area contributed by atoms with Crippen molar-refractivity contribution in [3.05, 3.63) is 18.2 Å². The first kappa shape index (κ1) is 18.6. The lowest BCUT2D eigenvalue weighted by Gasteiger charge is -2.17. The minimum Gasteiger partial charge on any atom is -0.490 e. The first-order chi connectivity index (χ1) is 10.6. The summed E-state index contributed by atoms with van der Waals surface area (Å²) in [6, 6.07) is 6.15. The van der Waals surface area contributed by atoms with Gasteiger partial charge in [0.05, 0.1) is 13.2 Å². The average molecular weight is 308 g/mol. The SMILES string of the molecule is CCCOc1ccc(NCC(N)CC(C)C)cc1OCCC. The van der Waals surface area contributed by atoms with Crippen molar-refractivity contribution in [2.45, 2.75) is 53.0 Å². The van der Waals surface area contributed by atoms with Gasteiger partial charge in [-0.3, -0.25) is 0 Å². The van der Waals surface area contributed by atoms with E-state index in [-0.39, 0.29) is 6.04 Å². The van der Waals surface area contributed by atoms with Gasteiger partial charge in [0, 0.05) is 24.3 Å². The molecule has 1 aromatic rings. The molecule has 3 N–H and O–H groups in total. The van der Waals surface area contributed by atoms with E-state index in [1.807, 2.05) is 18.2 Å². The zero-order chi connectivity index (χ0) is 16.4. The minimum absolute atomic E-state index is 0.163. The number of ether oxygens (including phenoxy) is 2. The van der Waals surface area contributed by atoms with Gasteiger partial charge >= 0.3 is 0 Å². The van der Waals surface area contributed by atoms with Crippen LogP contribution in [-0.2, 0) is 0 Å². The molecule has 0 fully saturated rings. The van der Waals surface area contributed by atoms with Crippen LogP contribution < -0.4 is 20.5 Å². The highest BCUT2D eigenvalue weighted by atomic mass is 16.5. The standard InChI is InChI=1S/C18H32N2O2/c1-5-9-21-17-8-7-16(12-18(17)22-10-6-2)20-13-15(19)11-14(3)4/h7-8,12,14-15,20H,5-6,9-11,13,19H2,1-4H3. The molecule has 0 aliphatic carbocycles. The molecule has 0 aliphatic rings. The molecule has 4 heteroatoms. The lowest BCUT2D eigenvalue weighted by molar-refractivity contribution is 0.268. The highest BCUT2D eigenvalue weighted by Crippen LogP contribution is 2.31. The molecule has 0 radical (unpaired) electrons. The molecule has 126 valence electrons. The topological polar surface area (TPSA) is 56.5 Å². The number of benzene rings is 1. The van der Waals surface area contributed by atoms with Gasteiger partial charge in [-0.05, 0) is 37.3 Å². The van der Waals surface area contributed by atoms with E-state index < -0.39 is 0 Å². The second-order valence-electron chi connectivity index (χ2n) is 6.13. The highest BCUT2D eigenvalue weighted by molar-refractivity contribution is 5.54. The molecule has 1 rings (SSSR count). The summed E-state index contributed by atoms with van der Waals surface area (Å²) < 4.78 is 11.5. The third-order valence-corrected chi connectivity index (χ3v) is 3.21. The number of nitrogens with two attached hydrogens (primary N) is 1. The largest absolute Gasteiger partial charge is 0.490 e. The molecule has 1 unspecified atom stereocenters. The smallest absolute Gasteiger partial charge is 0.163 e. The van der Waals surface area contributed by atoms with Crippen LogP contribution in [0.25, 0.3) is 0 Å².